The largest absolute Gasteiger partial charge is 0.350 e. The third-order valence-corrected chi connectivity index (χ3v) is 4.42. The summed E-state index contributed by atoms with van der Waals surface area (Å²) in [7, 11) is 0. The summed E-state index contributed by atoms with van der Waals surface area (Å²) in [5, 5.41) is 3.72. The van der Waals surface area contributed by atoms with E-state index in [1.165, 1.54) is 32.1 Å². The number of rotatable bonds is 6. The zero-order valence-electron chi connectivity index (χ0n) is 12.0. The smallest absolute Gasteiger partial charge is 0.159 e. The molecule has 0 radical (unpaired) electrons. The highest BCUT2D eigenvalue weighted by atomic mass is 16.7. The minimum atomic E-state index is 0.0405. The van der Waals surface area contributed by atoms with Crippen molar-refractivity contribution in [2.24, 2.45) is 11.8 Å². The maximum absolute atomic E-state index is 5.61. The molecule has 3 heteroatoms. The number of nitrogens with one attached hydrogen (secondary N) is 1. The van der Waals surface area contributed by atoms with E-state index >= 15 is 0 Å². The lowest BCUT2D eigenvalue weighted by molar-refractivity contribution is -0.0579. The summed E-state index contributed by atoms with van der Waals surface area (Å²) in [6, 6.07) is 0.584. The lowest BCUT2D eigenvalue weighted by Gasteiger charge is -2.34. The van der Waals surface area contributed by atoms with Gasteiger partial charge in [0.15, 0.2) is 6.29 Å². The minimum absolute atomic E-state index is 0.0405. The summed E-state index contributed by atoms with van der Waals surface area (Å²) in [5.41, 5.74) is 0. The molecule has 0 aromatic carbocycles. The van der Waals surface area contributed by atoms with Crippen LogP contribution in [-0.4, -0.2) is 32.1 Å². The maximum Gasteiger partial charge on any atom is 0.159 e. The Morgan fingerprint density at radius 2 is 1.78 bits per heavy atom. The Bertz CT molecular complexity index is 221. The van der Waals surface area contributed by atoms with Gasteiger partial charge in [-0.05, 0) is 37.6 Å². The fraction of sp³-hybridized carbons (Fsp3) is 1.00. The molecule has 0 spiro atoms. The van der Waals surface area contributed by atoms with Gasteiger partial charge in [0.1, 0.15) is 0 Å². The Labute approximate surface area is 112 Å². The van der Waals surface area contributed by atoms with E-state index in [1.54, 1.807) is 0 Å². The van der Waals surface area contributed by atoms with E-state index in [9.17, 15) is 0 Å². The molecule has 0 amide bonds. The Balaban J connectivity index is 1.82. The molecule has 1 saturated heterocycles. The molecule has 1 aliphatic carbocycles. The summed E-state index contributed by atoms with van der Waals surface area (Å²) in [6.07, 6.45) is 7.79. The summed E-state index contributed by atoms with van der Waals surface area (Å²) in [5.74, 6) is 1.74. The van der Waals surface area contributed by atoms with E-state index in [0.717, 1.165) is 38.0 Å². The second-order valence-corrected chi connectivity index (χ2v) is 5.99. The summed E-state index contributed by atoms with van der Waals surface area (Å²) in [4.78, 5) is 0. The molecular formula is C15H29NO2. The number of ether oxygens (including phenoxy) is 2. The third-order valence-electron chi connectivity index (χ3n) is 4.42. The van der Waals surface area contributed by atoms with Crippen molar-refractivity contribution in [2.75, 3.05) is 19.8 Å². The molecular weight excluding hydrogens is 226 g/mol. The number of hydrogen-bond donors (Lipinski definition) is 1. The minimum Gasteiger partial charge on any atom is -0.350 e. The first kappa shape index (κ1) is 14.3. The highest BCUT2D eigenvalue weighted by molar-refractivity contribution is 4.82. The molecule has 2 aliphatic rings. The van der Waals surface area contributed by atoms with Gasteiger partial charge in [0.25, 0.3) is 0 Å². The summed E-state index contributed by atoms with van der Waals surface area (Å²) < 4.78 is 11.2. The molecule has 0 bridgehead atoms. The van der Waals surface area contributed by atoms with Crippen molar-refractivity contribution in [2.45, 2.75) is 64.7 Å². The van der Waals surface area contributed by atoms with Crippen LogP contribution in [0.1, 0.15) is 52.4 Å². The lowest BCUT2D eigenvalue weighted by atomic mass is 9.78. The SMILES string of the molecule is CCCNC(CC1OCCO1)C1CCC(C)CC1. The quantitative estimate of drug-likeness (QED) is 0.791. The van der Waals surface area contributed by atoms with Gasteiger partial charge in [-0.1, -0.05) is 26.7 Å². The average Bonchev–Trinajstić information content (AvgIpc) is 2.88. The first-order valence-electron chi connectivity index (χ1n) is 7.76. The van der Waals surface area contributed by atoms with Crippen LogP contribution in [-0.2, 0) is 9.47 Å². The van der Waals surface area contributed by atoms with Crippen molar-refractivity contribution in [3.8, 4) is 0 Å². The summed E-state index contributed by atoms with van der Waals surface area (Å²) in [6.45, 7) is 7.27. The van der Waals surface area contributed by atoms with Crippen molar-refractivity contribution < 1.29 is 9.47 Å². The molecule has 18 heavy (non-hydrogen) atoms. The monoisotopic (exact) mass is 255 g/mol. The van der Waals surface area contributed by atoms with E-state index in [-0.39, 0.29) is 6.29 Å². The van der Waals surface area contributed by atoms with Crippen molar-refractivity contribution in [3.05, 3.63) is 0 Å². The van der Waals surface area contributed by atoms with Crippen LogP contribution >= 0.6 is 0 Å². The number of hydrogen-bond acceptors (Lipinski definition) is 3. The van der Waals surface area contributed by atoms with E-state index in [4.69, 9.17) is 9.47 Å². The van der Waals surface area contributed by atoms with Crippen LogP contribution in [0, 0.1) is 11.8 Å². The molecule has 1 atom stereocenters. The lowest BCUT2D eigenvalue weighted by Crippen LogP contribution is -2.41. The molecule has 1 heterocycles. The van der Waals surface area contributed by atoms with Gasteiger partial charge in [-0.2, -0.15) is 0 Å². The Kier molecular flexibility index (Phi) is 5.93. The van der Waals surface area contributed by atoms with Gasteiger partial charge in [-0.25, -0.2) is 0 Å². The third kappa shape index (κ3) is 4.22. The summed E-state index contributed by atoms with van der Waals surface area (Å²) >= 11 is 0. The Hall–Kier alpha value is -0.120. The van der Waals surface area contributed by atoms with Crippen LogP contribution in [0.15, 0.2) is 0 Å². The van der Waals surface area contributed by atoms with Gasteiger partial charge in [-0.15, -0.1) is 0 Å². The molecule has 1 unspecified atom stereocenters. The van der Waals surface area contributed by atoms with Gasteiger partial charge < -0.3 is 14.8 Å². The van der Waals surface area contributed by atoms with E-state index in [0.29, 0.717) is 6.04 Å². The Morgan fingerprint density at radius 3 is 2.39 bits per heavy atom. The van der Waals surface area contributed by atoms with Crippen LogP contribution in [0.5, 0.6) is 0 Å². The molecule has 2 rings (SSSR count). The normalized spacial score (nSPS) is 31.7. The van der Waals surface area contributed by atoms with Crippen LogP contribution < -0.4 is 5.32 Å². The predicted molar refractivity (Wildman–Crippen MR) is 73.5 cm³/mol. The van der Waals surface area contributed by atoms with Gasteiger partial charge in [-0.3, -0.25) is 0 Å². The topological polar surface area (TPSA) is 30.5 Å². The van der Waals surface area contributed by atoms with Crippen LogP contribution in [0.25, 0.3) is 0 Å². The zero-order valence-corrected chi connectivity index (χ0v) is 12.0. The molecule has 0 aromatic rings. The molecule has 3 nitrogen and oxygen atoms in total. The average molecular weight is 255 g/mol. The van der Waals surface area contributed by atoms with Crippen molar-refractivity contribution in [1.82, 2.24) is 5.32 Å². The van der Waals surface area contributed by atoms with Crippen molar-refractivity contribution >= 4 is 0 Å². The molecule has 1 saturated carbocycles. The molecule has 0 aromatic heterocycles. The molecule has 2 fully saturated rings. The second-order valence-electron chi connectivity index (χ2n) is 5.99. The highest BCUT2D eigenvalue weighted by Crippen LogP contribution is 2.32. The first-order valence-corrected chi connectivity index (χ1v) is 7.76. The van der Waals surface area contributed by atoms with E-state index < -0.39 is 0 Å². The molecule has 106 valence electrons. The Morgan fingerprint density at radius 1 is 1.11 bits per heavy atom. The predicted octanol–water partition coefficient (Wildman–Crippen LogP) is 2.94. The van der Waals surface area contributed by atoms with Crippen molar-refractivity contribution in [1.29, 1.82) is 0 Å². The van der Waals surface area contributed by atoms with Gasteiger partial charge in [0, 0.05) is 12.5 Å². The fourth-order valence-electron chi connectivity index (χ4n) is 3.21. The highest BCUT2D eigenvalue weighted by Gasteiger charge is 2.29. The standard InChI is InChI=1S/C15H29NO2/c1-3-8-16-14(11-15-17-9-10-18-15)13-6-4-12(2)5-7-13/h12-16H,3-11H2,1-2H3. The maximum atomic E-state index is 5.61. The van der Waals surface area contributed by atoms with Crippen molar-refractivity contribution in [3.63, 3.8) is 0 Å². The second kappa shape index (κ2) is 7.46. The molecule has 1 N–H and O–H groups in total. The van der Waals surface area contributed by atoms with Crippen LogP contribution in [0.4, 0.5) is 0 Å². The van der Waals surface area contributed by atoms with Crippen LogP contribution in [0.3, 0.4) is 0 Å². The fourth-order valence-corrected chi connectivity index (χ4v) is 3.21. The van der Waals surface area contributed by atoms with Gasteiger partial charge in [0.05, 0.1) is 13.2 Å². The molecule has 1 aliphatic heterocycles. The van der Waals surface area contributed by atoms with Gasteiger partial charge in [0.2, 0.25) is 0 Å². The van der Waals surface area contributed by atoms with Crippen LogP contribution in [0.2, 0.25) is 0 Å². The zero-order chi connectivity index (χ0) is 12.8. The van der Waals surface area contributed by atoms with E-state index in [2.05, 4.69) is 19.2 Å². The van der Waals surface area contributed by atoms with Gasteiger partial charge >= 0.3 is 0 Å². The first-order chi connectivity index (χ1) is 8.79. The van der Waals surface area contributed by atoms with E-state index in [1.807, 2.05) is 0 Å².